The maximum Gasteiger partial charge on any atom is 0.459 e. The van der Waals surface area contributed by atoms with E-state index in [1.807, 2.05) is 0 Å². The molecule has 0 radical (unpaired) electrons. The van der Waals surface area contributed by atoms with Gasteiger partial charge in [-0.2, -0.15) is 15.1 Å². The van der Waals surface area contributed by atoms with Crippen molar-refractivity contribution in [2.45, 2.75) is 63.8 Å². The van der Waals surface area contributed by atoms with Gasteiger partial charge in [0.1, 0.15) is 29.5 Å². The molecule has 1 fully saturated rings. The molecule has 16 heteroatoms. The summed E-state index contributed by atoms with van der Waals surface area (Å²) in [6.45, 7) is 4.67. The lowest BCUT2D eigenvalue weighted by Crippen LogP contribution is -2.42. The largest absolute Gasteiger partial charge is 0.462 e. The average molecular weight is 565 g/mol. The van der Waals surface area contributed by atoms with E-state index < -0.39 is 44.1 Å². The number of anilines is 2. The Bertz CT molecular complexity index is 1340. The van der Waals surface area contributed by atoms with Gasteiger partial charge in [-0.25, -0.2) is 9.55 Å². The molecule has 6 unspecified atom stereocenters. The third-order valence-electron chi connectivity index (χ3n) is 5.87. The van der Waals surface area contributed by atoms with Crippen molar-refractivity contribution in [2.24, 2.45) is 5.73 Å². The molecule has 0 saturated carbocycles. The second-order valence-electron chi connectivity index (χ2n) is 9.35. The molecule has 3 aromatic rings. The van der Waals surface area contributed by atoms with Gasteiger partial charge in [0, 0.05) is 0 Å². The number of nitrogens with two attached hydrogens (primary N) is 3. The Kier molecular flexibility index (Phi) is 8.69. The van der Waals surface area contributed by atoms with Gasteiger partial charge in [0.05, 0.1) is 37.7 Å². The fraction of sp³-hybridized carbons (Fsp3) is 0.478. The summed E-state index contributed by atoms with van der Waals surface area (Å²) in [5, 5.41) is 13.4. The zero-order chi connectivity index (χ0) is 28.3. The number of aliphatic hydroxyl groups is 1. The van der Waals surface area contributed by atoms with Crippen LogP contribution in [0.25, 0.3) is 11.2 Å². The minimum absolute atomic E-state index is 0.0159. The van der Waals surface area contributed by atoms with E-state index >= 15 is 0 Å². The van der Waals surface area contributed by atoms with Gasteiger partial charge in [-0.1, -0.05) is 18.2 Å². The van der Waals surface area contributed by atoms with Gasteiger partial charge in [-0.15, -0.1) is 0 Å². The Balaban J connectivity index is 1.46. The van der Waals surface area contributed by atoms with E-state index in [1.165, 1.54) is 13.3 Å². The first-order chi connectivity index (χ1) is 18.5. The summed E-state index contributed by atoms with van der Waals surface area (Å²) in [6, 6.07) is 6.46. The zero-order valence-corrected chi connectivity index (χ0v) is 22.6. The highest BCUT2D eigenvalue weighted by Crippen LogP contribution is 2.45. The second-order valence-corrected chi connectivity index (χ2v) is 11.0. The number of esters is 1. The summed E-state index contributed by atoms with van der Waals surface area (Å²) in [5.74, 6) is -0.277. The van der Waals surface area contributed by atoms with Gasteiger partial charge in [-0.3, -0.25) is 9.32 Å². The van der Waals surface area contributed by atoms with Crippen molar-refractivity contribution in [3.05, 3.63) is 36.7 Å². The lowest BCUT2D eigenvalue weighted by atomic mass is 10.1. The Morgan fingerprint density at radius 1 is 1.21 bits per heavy atom. The number of nitrogens with zero attached hydrogens (tertiary/aromatic N) is 4. The summed E-state index contributed by atoms with van der Waals surface area (Å²) in [5.41, 5.74) is 18.6. The number of aromatic nitrogens is 4. The number of imidazole rings is 1. The molecule has 15 nitrogen and oxygen atoms in total. The molecule has 6 atom stereocenters. The van der Waals surface area contributed by atoms with Crippen molar-refractivity contribution in [1.29, 1.82) is 0 Å². The number of carbonyl (C=O) groups excluding carboxylic acids is 1. The van der Waals surface area contributed by atoms with Gasteiger partial charge >= 0.3 is 13.7 Å². The molecule has 1 aliphatic heterocycles. The van der Waals surface area contributed by atoms with Crippen LogP contribution in [0.4, 0.5) is 11.8 Å². The number of para-hydroxylation sites is 1. The molecule has 8 N–H and O–H groups in total. The van der Waals surface area contributed by atoms with Gasteiger partial charge < -0.3 is 40.9 Å². The van der Waals surface area contributed by atoms with Crippen molar-refractivity contribution < 1.29 is 33.0 Å². The molecule has 2 aromatic heterocycles. The monoisotopic (exact) mass is 564 g/mol. The van der Waals surface area contributed by atoms with Crippen LogP contribution in [0.1, 0.15) is 20.8 Å². The van der Waals surface area contributed by atoms with Crippen LogP contribution in [0.3, 0.4) is 0 Å². The average Bonchev–Trinajstić information content (AvgIpc) is 3.39. The summed E-state index contributed by atoms with van der Waals surface area (Å²) in [4.78, 5) is 24.6. The Morgan fingerprint density at radius 3 is 2.62 bits per heavy atom. The van der Waals surface area contributed by atoms with Crippen LogP contribution < -0.4 is 26.8 Å². The first-order valence-corrected chi connectivity index (χ1v) is 13.8. The van der Waals surface area contributed by atoms with Crippen LogP contribution in [0.15, 0.2) is 36.7 Å². The molecule has 0 spiro atoms. The fourth-order valence-electron chi connectivity index (χ4n) is 3.98. The standard InChI is InChI=1S/C23H33N8O7P/c1-12(2)36-22(33)13(3)30-39(34,38-14-7-5-4-6-8-14)35-10-16-19(32)17(24)15(37-16)9-31-11-27-18-20(25)28-23(26)29-21(18)31/h4-8,11-13,15-17,19,32H,9-10,24H2,1-3H3,(H,30,34)(H4,25,26,28,29). The number of nitrogens with one attached hydrogen (secondary N) is 1. The maximum absolute atomic E-state index is 13.7. The predicted molar refractivity (Wildman–Crippen MR) is 141 cm³/mol. The number of nitrogen functional groups attached to an aromatic ring is 2. The third kappa shape index (κ3) is 6.82. The van der Waals surface area contributed by atoms with E-state index in [1.54, 1.807) is 48.7 Å². The van der Waals surface area contributed by atoms with E-state index in [-0.39, 0.29) is 36.8 Å². The van der Waals surface area contributed by atoms with E-state index in [0.717, 1.165) is 0 Å². The summed E-state index contributed by atoms with van der Waals surface area (Å²) in [7, 11) is -4.16. The smallest absolute Gasteiger partial charge is 0.459 e. The van der Waals surface area contributed by atoms with Crippen LogP contribution >= 0.6 is 7.75 Å². The van der Waals surface area contributed by atoms with Gasteiger partial charge in [0.25, 0.3) is 0 Å². The number of carbonyl (C=O) groups is 1. The van der Waals surface area contributed by atoms with Crippen LogP contribution in [0.5, 0.6) is 5.75 Å². The maximum atomic E-state index is 13.7. The number of hydrogen-bond acceptors (Lipinski definition) is 13. The van der Waals surface area contributed by atoms with E-state index in [0.29, 0.717) is 11.2 Å². The fourth-order valence-corrected chi connectivity index (χ4v) is 5.49. The number of hydrogen-bond donors (Lipinski definition) is 5. The lowest BCUT2D eigenvalue weighted by Gasteiger charge is -2.25. The van der Waals surface area contributed by atoms with Crippen molar-refractivity contribution in [3.8, 4) is 5.75 Å². The molecule has 1 saturated heterocycles. The molecule has 4 rings (SSSR count). The zero-order valence-electron chi connectivity index (χ0n) is 21.7. The van der Waals surface area contributed by atoms with Crippen LogP contribution in [-0.2, 0) is 29.9 Å². The van der Waals surface area contributed by atoms with Crippen LogP contribution in [-0.4, -0.2) is 73.7 Å². The minimum Gasteiger partial charge on any atom is -0.462 e. The first-order valence-electron chi connectivity index (χ1n) is 12.3. The van der Waals surface area contributed by atoms with Gasteiger partial charge in [0.15, 0.2) is 11.5 Å². The lowest BCUT2D eigenvalue weighted by molar-refractivity contribution is -0.149. The SMILES string of the molecule is CC(C)OC(=O)C(C)NP(=O)(OCC1OC(Cn2cnc3c(N)nc(N)nc32)C(N)C1O)Oc1ccccc1. The molecule has 0 bridgehead atoms. The predicted octanol–water partition coefficient (Wildman–Crippen LogP) is 0.580. The summed E-state index contributed by atoms with van der Waals surface area (Å²) in [6.07, 6.45) is -1.69. The van der Waals surface area contributed by atoms with Crippen LogP contribution in [0.2, 0.25) is 0 Å². The topological polar surface area (TPSA) is 225 Å². The second kappa shape index (κ2) is 11.8. The molecule has 212 valence electrons. The molecular weight excluding hydrogens is 531 g/mol. The molecule has 1 aliphatic rings. The Morgan fingerprint density at radius 2 is 1.92 bits per heavy atom. The van der Waals surface area contributed by atoms with Crippen LogP contribution in [0, 0.1) is 0 Å². The van der Waals surface area contributed by atoms with E-state index in [4.69, 9.17) is 35.7 Å². The number of aliphatic hydroxyl groups excluding tert-OH is 1. The highest BCUT2D eigenvalue weighted by atomic mass is 31.2. The van der Waals surface area contributed by atoms with E-state index in [2.05, 4.69) is 20.0 Å². The Labute approximate surface area is 224 Å². The molecule has 1 aromatic carbocycles. The number of ether oxygens (including phenoxy) is 2. The molecular formula is C23H33N8O7P. The normalized spacial score (nSPS) is 23.5. The summed E-state index contributed by atoms with van der Waals surface area (Å²) < 4.78 is 37.8. The van der Waals surface area contributed by atoms with Crippen molar-refractivity contribution in [2.75, 3.05) is 18.1 Å². The summed E-state index contributed by atoms with van der Waals surface area (Å²) >= 11 is 0. The molecule has 0 amide bonds. The van der Waals surface area contributed by atoms with Gasteiger partial charge in [-0.05, 0) is 32.9 Å². The minimum atomic E-state index is -4.16. The number of benzene rings is 1. The molecule has 39 heavy (non-hydrogen) atoms. The van der Waals surface area contributed by atoms with Crippen molar-refractivity contribution in [1.82, 2.24) is 24.6 Å². The van der Waals surface area contributed by atoms with Crippen molar-refractivity contribution in [3.63, 3.8) is 0 Å². The van der Waals surface area contributed by atoms with E-state index in [9.17, 15) is 14.5 Å². The number of fused-ring (bicyclic) bond motifs is 1. The highest BCUT2D eigenvalue weighted by Gasteiger charge is 2.44. The van der Waals surface area contributed by atoms with Crippen molar-refractivity contribution >= 4 is 36.6 Å². The molecule has 0 aliphatic carbocycles. The van der Waals surface area contributed by atoms with Gasteiger partial charge in [0.2, 0.25) is 5.95 Å². The third-order valence-corrected chi connectivity index (χ3v) is 7.52. The number of rotatable bonds is 11. The quantitative estimate of drug-likeness (QED) is 0.159. The first kappa shape index (κ1) is 28.7. The Hall–Kier alpha value is -3.33. The molecule has 3 heterocycles. The highest BCUT2D eigenvalue weighted by molar-refractivity contribution is 7.52.